The van der Waals surface area contributed by atoms with E-state index in [4.69, 9.17) is 4.74 Å². The molecule has 1 aromatic rings. The largest absolute Gasteiger partial charge is 0.444 e. The van der Waals surface area contributed by atoms with Crippen molar-refractivity contribution < 1.29 is 9.53 Å². The Kier molecular flexibility index (Phi) is 4.96. The van der Waals surface area contributed by atoms with Crippen LogP contribution >= 0.6 is 0 Å². The number of anilines is 1. The van der Waals surface area contributed by atoms with Crippen LogP contribution in [-0.4, -0.2) is 24.8 Å². The highest BCUT2D eigenvalue weighted by Crippen LogP contribution is 2.15. The number of ether oxygens (including phenoxy) is 1. The molecule has 0 atom stereocenters. The maximum Gasteiger partial charge on any atom is 0.412 e. The molecule has 0 saturated carbocycles. The first kappa shape index (κ1) is 16.3. The van der Waals surface area contributed by atoms with Gasteiger partial charge in [0.15, 0.2) is 0 Å². The number of hydrogen-bond donors (Lipinski definition) is 1. The zero-order chi connectivity index (χ0) is 15.4. The summed E-state index contributed by atoms with van der Waals surface area (Å²) in [5.74, 6) is 3.10. The van der Waals surface area contributed by atoms with E-state index in [1.165, 1.54) is 0 Å². The summed E-state index contributed by atoms with van der Waals surface area (Å²) in [6.07, 6.45) is 2.78. The van der Waals surface area contributed by atoms with Crippen molar-refractivity contribution in [2.45, 2.75) is 46.0 Å². The number of carbonyl (C=O) groups is 1. The maximum atomic E-state index is 11.8. The molecule has 20 heavy (non-hydrogen) atoms. The molecule has 0 bridgehead atoms. The summed E-state index contributed by atoms with van der Waals surface area (Å²) >= 11 is 0. The van der Waals surface area contributed by atoms with E-state index in [-0.39, 0.29) is 0 Å². The van der Waals surface area contributed by atoms with Gasteiger partial charge in [-0.05, 0) is 26.8 Å². The number of carbonyl (C=O) groups excluding carboxylic acids is 1. The Morgan fingerprint density at radius 3 is 2.55 bits per heavy atom. The molecule has 1 aromatic heterocycles. The second-order valence-corrected chi connectivity index (χ2v) is 11.3. The van der Waals surface area contributed by atoms with Crippen LogP contribution in [0.1, 0.15) is 26.3 Å². The Labute approximate surface area is 122 Å². The summed E-state index contributed by atoms with van der Waals surface area (Å²) < 4.78 is 5.23. The van der Waals surface area contributed by atoms with Gasteiger partial charge in [0.25, 0.3) is 0 Å². The molecule has 1 amide bonds. The van der Waals surface area contributed by atoms with Crippen molar-refractivity contribution in [3.63, 3.8) is 0 Å². The highest BCUT2D eigenvalue weighted by molar-refractivity contribution is 6.83. The third-order valence-corrected chi connectivity index (χ3v) is 2.90. The lowest BCUT2D eigenvalue weighted by molar-refractivity contribution is 0.0636. The minimum absolute atomic E-state index is 0.486. The molecule has 5 heteroatoms. The lowest BCUT2D eigenvalue weighted by atomic mass is 10.2. The third kappa shape index (κ3) is 6.39. The molecular formula is C15H22N2O2Si. The summed E-state index contributed by atoms with van der Waals surface area (Å²) in [5, 5.41) is 2.72. The third-order valence-electron chi connectivity index (χ3n) is 2.03. The topological polar surface area (TPSA) is 51.2 Å². The van der Waals surface area contributed by atoms with Crippen LogP contribution in [0.15, 0.2) is 18.5 Å². The molecule has 0 aromatic carbocycles. The number of nitrogens with one attached hydrogen (secondary N) is 1. The van der Waals surface area contributed by atoms with Gasteiger partial charge in [-0.3, -0.25) is 10.3 Å². The van der Waals surface area contributed by atoms with E-state index in [1.54, 1.807) is 18.5 Å². The molecule has 1 N–H and O–H groups in total. The van der Waals surface area contributed by atoms with Crippen molar-refractivity contribution in [3.8, 4) is 11.5 Å². The molecule has 1 rings (SSSR count). The SMILES string of the molecule is CC(C)(C)OC(=O)Nc1ccncc1C#C[Si](C)(C)C. The first-order valence-corrected chi connectivity index (χ1v) is 10.0. The molecule has 0 spiro atoms. The van der Waals surface area contributed by atoms with Crippen LogP contribution < -0.4 is 5.32 Å². The van der Waals surface area contributed by atoms with Crippen molar-refractivity contribution in [1.82, 2.24) is 4.98 Å². The van der Waals surface area contributed by atoms with E-state index in [0.29, 0.717) is 11.3 Å². The van der Waals surface area contributed by atoms with E-state index < -0.39 is 19.8 Å². The summed E-state index contributed by atoms with van der Waals surface area (Å²) in [4.78, 5) is 15.8. The van der Waals surface area contributed by atoms with Gasteiger partial charge in [-0.25, -0.2) is 4.79 Å². The Bertz CT molecular complexity index is 545. The molecule has 0 aliphatic carbocycles. The van der Waals surface area contributed by atoms with Crippen molar-refractivity contribution >= 4 is 19.9 Å². The van der Waals surface area contributed by atoms with Crippen LogP contribution in [0.4, 0.5) is 10.5 Å². The Morgan fingerprint density at radius 1 is 1.35 bits per heavy atom. The van der Waals surface area contributed by atoms with Gasteiger partial charge < -0.3 is 4.74 Å². The average Bonchev–Trinajstić information content (AvgIpc) is 2.24. The van der Waals surface area contributed by atoms with Gasteiger partial charge in [-0.15, -0.1) is 5.54 Å². The van der Waals surface area contributed by atoms with Gasteiger partial charge in [0.05, 0.1) is 11.3 Å². The lowest BCUT2D eigenvalue weighted by Gasteiger charge is -2.19. The molecule has 0 aliphatic rings. The molecular weight excluding hydrogens is 268 g/mol. The molecule has 0 fully saturated rings. The predicted molar refractivity (Wildman–Crippen MR) is 84.3 cm³/mol. The second kappa shape index (κ2) is 6.10. The van der Waals surface area contributed by atoms with Crippen molar-refractivity contribution in [1.29, 1.82) is 0 Å². The Hall–Kier alpha value is -1.80. The molecule has 1 heterocycles. The fourth-order valence-electron chi connectivity index (χ4n) is 1.27. The van der Waals surface area contributed by atoms with Gasteiger partial charge in [0.2, 0.25) is 0 Å². The summed E-state index contributed by atoms with van der Waals surface area (Å²) in [7, 11) is -1.47. The molecule has 0 radical (unpaired) electrons. The lowest BCUT2D eigenvalue weighted by Crippen LogP contribution is -2.27. The summed E-state index contributed by atoms with van der Waals surface area (Å²) in [6, 6.07) is 1.72. The van der Waals surface area contributed by atoms with E-state index in [9.17, 15) is 4.79 Å². The van der Waals surface area contributed by atoms with Gasteiger partial charge in [0.1, 0.15) is 13.7 Å². The number of aromatic nitrogens is 1. The van der Waals surface area contributed by atoms with Crippen molar-refractivity contribution in [2.24, 2.45) is 0 Å². The molecule has 0 unspecified atom stereocenters. The second-order valence-electron chi connectivity index (χ2n) is 6.55. The number of nitrogens with zero attached hydrogens (tertiary/aromatic N) is 1. The van der Waals surface area contributed by atoms with Crippen LogP contribution in [-0.2, 0) is 4.74 Å². The predicted octanol–water partition coefficient (Wildman–Crippen LogP) is 3.66. The normalized spacial score (nSPS) is 11.3. The van der Waals surface area contributed by atoms with E-state index in [1.807, 2.05) is 20.8 Å². The first-order chi connectivity index (χ1) is 9.07. The van der Waals surface area contributed by atoms with Gasteiger partial charge in [-0.1, -0.05) is 25.6 Å². The van der Waals surface area contributed by atoms with Crippen LogP contribution in [0.5, 0.6) is 0 Å². The number of pyridine rings is 1. The van der Waals surface area contributed by atoms with Crippen LogP contribution in [0, 0.1) is 11.5 Å². The van der Waals surface area contributed by atoms with Gasteiger partial charge in [0, 0.05) is 12.4 Å². The molecule has 4 nitrogen and oxygen atoms in total. The Balaban J connectivity index is 2.91. The van der Waals surface area contributed by atoms with Crippen LogP contribution in [0.25, 0.3) is 0 Å². The Morgan fingerprint density at radius 2 is 2.00 bits per heavy atom. The van der Waals surface area contributed by atoms with Crippen molar-refractivity contribution in [2.75, 3.05) is 5.32 Å². The van der Waals surface area contributed by atoms with E-state index >= 15 is 0 Å². The van der Waals surface area contributed by atoms with Crippen LogP contribution in [0.2, 0.25) is 19.6 Å². The van der Waals surface area contributed by atoms with E-state index in [0.717, 1.165) is 0 Å². The standard InChI is InChI=1S/C15H22N2O2Si/c1-15(2,3)19-14(18)17-13-7-9-16-11-12(13)8-10-20(4,5)6/h7,9,11H,1-6H3,(H,16,17,18). The monoisotopic (exact) mass is 290 g/mol. The molecule has 108 valence electrons. The fourth-order valence-corrected chi connectivity index (χ4v) is 1.78. The minimum Gasteiger partial charge on any atom is -0.444 e. The van der Waals surface area contributed by atoms with Crippen LogP contribution in [0.3, 0.4) is 0 Å². The summed E-state index contributed by atoms with van der Waals surface area (Å²) in [6.45, 7) is 12.0. The number of hydrogen-bond acceptors (Lipinski definition) is 3. The molecule has 0 saturated heterocycles. The van der Waals surface area contributed by atoms with E-state index in [2.05, 4.69) is 41.4 Å². The minimum atomic E-state index is -1.47. The zero-order valence-corrected chi connectivity index (χ0v) is 14.0. The zero-order valence-electron chi connectivity index (χ0n) is 13.0. The quantitative estimate of drug-likeness (QED) is 0.634. The number of amides is 1. The fraction of sp³-hybridized carbons (Fsp3) is 0.467. The highest BCUT2D eigenvalue weighted by atomic mass is 28.3. The maximum absolute atomic E-state index is 11.8. The smallest absolute Gasteiger partial charge is 0.412 e. The average molecular weight is 290 g/mol. The summed E-state index contributed by atoms with van der Waals surface area (Å²) in [5.41, 5.74) is 4.06. The number of rotatable bonds is 1. The first-order valence-electron chi connectivity index (χ1n) is 6.54. The van der Waals surface area contributed by atoms with Gasteiger partial charge in [-0.2, -0.15) is 0 Å². The molecule has 0 aliphatic heterocycles. The highest BCUT2D eigenvalue weighted by Gasteiger charge is 2.17. The van der Waals surface area contributed by atoms with Gasteiger partial charge >= 0.3 is 6.09 Å². The van der Waals surface area contributed by atoms with Crippen molar-refractivity contribution in [3.05, 3.63) is 24.0 Å².